The van der Waals surface area contributed by atoms with E-state index in [1.807, 2.05) is 48.5 Å². The standard InChI is InChI=1S/C33H36N6O3S/c34-39-31-16-12-26(24-37-31)33(41)36-21-7-20-35-32(40)17-14-29-30(42-22-18-25-8-3-1-4-9-25)15-13-27(38-29)19-23-43-28-10-5-2-6-11-28/h1-6,8-17,24H,7,18-23,34H2,(H,35,40)(H,36,41)(H,37,39). The quantitative estimate of drug-likeness (QED) is 0.0483. The molecule has 222 valence electrons. The van der Waals surface area contributed by atoms with E-state index in [1.165, 1.54) is 22.7 Å². The maximum atomic E-state index is 12.5. The summed E-state index contributed by atoms with van der Waals surface area (Å²) in [7, 11) is 0. The number of carbonyl (C=O) groups is 2. The first-order valence-corrected chi connectivity index (χ1v) is 15.1. The summed E-state index contributed by atoms with van der Waals surface area (Å²) in [6.07, 6.45) is 6.72. The van der Waals surface area contributed by atoms with Crippen LogP contribution in [-0.2, 0) is 17.6 Å². The third kappa shape index (κ3) is 10.9. The Kier molecular flexibility index (Phi) is 12.6. The molecule has 0 saturated heterocycles. The first-order valence-electron chi connectivity index (χ1n) is 14.1. The molecular formula is C33H36N6O3S. The van der Waals surface area contributed by atoms with Crippen molar-refractivity contribution in [1.82, 2.24) is 20.6 Å². The van der Waals surface area contributed by atoms with E-state index < -0.39 is 0 Å². The summed E-state index contributed by atoms with van der Waals surface area (Å²) < 4.78 is 6.08. The molecule has 2 amide bonds. The number of hydrogen-bond donors (Lipinski definition) is 4. The Hall–Kier alpha value is -4.67. The van der Waals surface area contributed by atoms with Crippen LogP contribution < -0.4 is 26.6 Å². The number of nitrogens with two attached hydrogens (primary N) is 1. The van der Waals surface area contributed by atoms with Gasteiger partial charge < -0.3 is 20.8 Å². The van der Waals surface area contributed by atoms with E-state index in [4.69, 9.17) is 15.6 Å². The van der Waals surface area contributed by atoms with Crippen LogP contribution in [0.3, 0.4) is 0 Å². The molecule has 2 aromatic carbocycles. The van der Waals surface area contributed by atoms with Crippen LogP contribution in [0.25, 0.3) is 6.08 Å². The largest absolute Gasteiger partial charge is 0.491 e. The highest BCUT2D eigenvalue weighted by molar-refractivity contribution is 7.99. The van der Waals surface area contributed by atoms with E-state index >= 15 is 0 Å². The predicted molar refractivity (Wildman–Crippen MR) is 172 cm³/mol. The van der Waals surface area contributed by atoms with Gasteiger partial charge in [0.05, 0.1) is 12.2 Å². The highest BCUT2D eigenvalue weighted by Crippen LogP contribution is 2.22. The molecule has 4 rings (SSSR count). The number of rotatable bonds is 16. The van der Waals surface area contributed by atoms with Crippen molar-refractivity contribution in [3.63, 3.8) is 0 Å². The highest BCUT2D eigenvalue weighted by Gasteiger charge is 2.08. The molecule has 4 aromatic rings. The number of ether oxygens (including phenoxy) is 1. The lowest BCUT2D eigenvalue weighted by Crippen LogP contribution is -2.29. The molecule has 0 atom stereocenters. The summed E-state index contributed by atoms with van der Waals surface area (Å²) in [4.78, 5) is 34.8. The lowest BCUT2D eigenvalue weighted by atomic mass is 10.2. The summed E-state index contributed by atoms with van der Waals surface area (Å²) in [6, 6.07) is 27.6. The van der Waals surface area contributed by atoms with E-state index in [2.05, 4.69) is 45.3 Å². The van der Waals surface area contributed by atoms with Crippen molar-refractivity contribution in [2.24, 2.45) is 5.84 Å². The van der Waals surface area contributed by atoms with Gasteiger partial charge in [-0.1, -0.05) is 48.5 Å². The van der Waals surface area contributed by atoms with Crippen LogP contribution in [0, 0.1) is 0 Å². The van der Waals surface area contributed by atoms with Crippen molar-refractivity contribution in [3.8, 4) is 5.75 Å². The van der Waals surface area contributed by atoms with E-state index in [1.54, 1.807) is 30.0 Å². The van der Waals surface area contributed by atoms with Crippen LogP contribution in [0.2, 0.25) is 0 Å². The number of nitrogen functional groups attached to an aromatic ring is 1. The normalized spacial score (nSPS) is 10.8. The van der Waals surface area contributed by atoms with E-state index in [9.17, 15) is 9.59 Å². The molecule has 10 heteroatoms. The first kappa shape index (κ1) is 31.3. The minimum absolute atomic E-state index is 0.241. The summed E-state index contributed by atoms with van der Waals surface area (Å²) in [5, 5.41) is 5.66. The van der Waals surface area contributed by atoms with Gasteiger partial charge in [-0.25, -0.2) is 15.8 Å². The number of pyridine rings is 2. The van der Waals surface area contributed by atoms with Crippen LogP contribution in [0.4, 0.5) is 5.82 Å². The van der Waals surface area contributed by atoms with E-state index in [0.29, 0.717) is 48.9 Å². The van der Waals surface area contributed by atoms with Gasteiger partial charge in [0.1, 0.15) is 17.3 Å². The molecule has 0 aliphatic rings. The predicted octanol–water partition coefficient (Wildman–Crippen LogP) is 4.67. The lowest BCUT2D eigenvalue weighted by molar-refractivity contribution is -0.116. The van der Waals surface area contributed by atoms with Gasteiger partial charge >= 0.3 is 0 Å². The minimum atomic E-state index is -0.248. The fourth-order valence-electron chi connectivity index (χ4n) is 4.03. The van der Waals surface area contributed by atoms with Crippen molar-refractivity contribution in [3.05, 3.63) is 120 Å². The lowest BCUT2D eigenvalue weighted by Gasteiger charge is -2.11. The topological polar surface area (TPSA) is 131 Å². The average Bonchev–Trinajstić information content (AvgIpc) is 3.05. The zero-order valence-corrected chi connectivity index (χ0v) is 24.7. The SMILES string of the molecule is NNc1ccc(C(=O)NCCCNC(=O)C=Cc2nc(CCSc3ccccc3)ccc2OCCc2ccccc2)cn1. The zero-order chi connectivity index (χ0) is 30.1. The molecule has 0 spiro atoms. The maximum Gasteiger partial charge on any atom is 0.252 e. The van der Waals surface area contributed by atoms with E-state index in [0.717, 1.165) is 24.3 Å². The van der Waals surface area contributed by atoms with Gasteiger partial charge in [0.25, 0.3) is 5.91 Å². The van der Waals surface area contributed by atoms with Crippen LogP contribution in [0.5, 0.6) is 5.75 Å². The van der Waals surface area contributed by atoms with Crippen molar-refractivity contribution >= 4 is 35.5 Å². The number of nitrogens with zero attached hydrogens (tertiary/aromatic N) is 2. The third-order valence-electron chi connectivity index (χ3n) is 6.31. The summed E-state index contributed by atoms with van der Waals surface area (Å²) in [5.41, 5.74) is 5.58. The minimum Gasteiger partial charge on any atom is -0.491 e. The average molecular weight is 597 g/mol. The summed E-state index contributed by atoms with van der Waals surface area (Å²) >= 11 is 1.78. The number of aryl methyl sites for hydroxylation is 1. The number of hydrazine groups is 1. The van der Waals surface area contributed by atoms with Gasteiger partial charge in [-0.15, -0.1) is 11.8 Å². The van der Waals surface area contributed by atoms with Crippen LogP contribution in [-0.4, -0.2) is 47.2 Å². The Morgan fingerprint density at radius 2 is 1.65 bits per heavy atom. The van der Waals surface area contributed by atoms with Crippen LogP contribution >= 0.6 is 11.8 Å². The fourth-order valence-corrected chi connectivity index (χ4v) is 4.93. The molecule has 0 fully saturated rings. The number of amides is 2. The smallest absolute Gasteiger partial charge is 0.252 e. The van der Waals surface area contributed by atoms with Gasteiger partial charge in [0.15, 0.2) is 0 Å². The maximum absolute atomic E-state index is 12.5. The first-order chi connectivity index (χ1) is 21.1. The van der Waals surface area contributed by atoms with Gasteiger partial charge in [-0.2, -0.15) is 0 Å². The second-order valence-electron chi connectivity index (χ2n) is 9.49. The molecule has 0 radical (unpaired) electrons. The molecule has 43 heavy (non-hydrogen) atoms. The van der Waals surface area contributed by atoms with E-state index in [-0.39, 0.29) is 11.8 Å². The number of nitrogens with one attached hydrogen (secondary N) is 3. The Bertz CT molecular complexity index is 1470. The molecule has 0 aliphatic heterocycles. The molecule has 0 bridgehead atoms. The number of hydrogen-bond acceptors (Lipinski definition) is 8. The van der Waals surface area contributed by atoms with Gasteiger partial charge in [0.2, 0.25) is 5.91 Å². The monoisotopic (exact) mass is 596 g/mol. The zero-order valence-electron chi connectivity index (χ0n) is 23.9. The molecule has 9 nitrogen and oxygen atoms in total. The summed E-state index contributed by atoms with van der Waals surface area (Å²) in [5.74, 6) is 6.80. The number of thioether (sulfide) groups is 1. The highest BCUT2D eigenvalue weighted by atomic mass is 32.2. The fraction of sp³-hybridized carbons (Fsp3) is 0.212. The summed E-state index contributed by atoms with van der Waals surface area (Å²) in [6.45, 7) is 1.31. The van der Waals surface area contributed by atoms with Crippen molar-refractivity contribution in [1.29, 1.82) is 0 Å². The Balaban J connectivity index is 1.28. The van der Waals surface area contributed by atoms with Crippen molar-refractivity contribution < 1.29 is 14.3 Å². The Morgan fingerprint density at radius 3 is 2.40 bits per heavy atom. The van der Waals surface area contributed by atoms with Crippen LogP contribution in [0.15, 0.2) is 102 Å². The molecule has 5 N–H and O–H groups in total. The molecule has 2 heterocycles. The molecular weight excluding hydrogens is 560 g/mol. The van der Waals surface area contributed by atoms with Crippen molar-refractivity contribution in [2.75, 3.05) is 30.9 Å². The molecule has 0 aliphatic carbocycles. The Labute approximate surface area is 256 Å². The third-order valence-corrected chi connectivity index (χ3v) is 7.32. The van der Waals surface area contributed by atoms with Gasteiger partial charge in [-0.3, -0.25) is 9.59 Å². The van der Waals surface area contributed by atoms with Gasteiger partial charge in [0, 0.05) is 48.1 Å². The molecule has 0 saturated carbocycles. The van der Waals surface area contributed by atoms with Crippen LogP contribution in [0.1, 0.15) is 33.7 Å². The van der Waals surface area contributed by atoms with Crippen molar-refractivity contribution in [2.45, 2.75) is 24.2 Å². The Morgan fingerprint density at radius 1 is 0.884 bits per heavy atom. The molecule has 0 unspecified atom stereocenters. The second kappa shape index (κ2) is 17.3. The number of aromatic nitrogens is 2. The number of anilines is 1. The number of carbonyl (C=O) groups excluding carboxylic acids is 2. The second-order valence-corrected chi connectivity index (χ2v) is 10.7. The molecule has 2 aromatic heterocycles. The number of benzene rings is 2. The van der Waals surface area contributed by atoms with Gasteiger partial charge in [-0.05, 0) is 60.9 Å².